The van der Waals surface area contributed by atoms with Crippen LogP contribution in [0.3, 0.4) is 0 Å². The third-order valence-electron chi connectivity index (χ3n) is 5.65. The SMILES string of the molecule is O=C(CCC(=O)N1CCC(c2ccccc2Cl)CC1)c1c[nH]c2ccccc12. The molecule has 0 spiro atoms. The highest BCUT2D eigenvalue weighted by molar-refractivity contribution is 6.31. The number of likely N-dealkylation sites (tertiary alicyclic amines) is 1. The molecule has 1 saturated heterocycles. The standard InChI is InChI=1S/C23H23ClN2O2/c24-20-7-3-1-5-17(20)16-11-13-26(14-12-16)23(28)10-9-22(27)19-15-25-21-8-4-2-6-18(19)21/h1-8,15-16,25H,9-14H2. The maximum Gasteiger partial charge on any atom is 0.223 e. The molecule has 0 bridgehead atoms. The fourth-order valence-electron chi connectivity index (χ4n) is 4.06. The van der Waals surface area contributed by atoms with Gasteiger partial charge in [-0.05, 0) is 36.5 Å². The summed E-state index contributed by atoms with van der Waals surface area (Å²) in [4.78, 5) is 30.2. The van der Waals surface area contributed by atoms with Gasteiger partial charge in [-0.3, -0.25) is 9.59 Å². The molecular weight excluding hydrogens is 372 g/mol. The first kappa shape index (κ1) is 18.8. The lowest BCUT2D eigenvalue weighted by Gasteiger charge is -2.32. The summed E-state index contributed by atoms with van der Waals surface area (Å²) < 4.78 is 0. The predicted molar refractivity (Wildman–Crippen MR) is 112 cm³/mol. The van der Waals surface area contributed by atoms with Crippen molar-refractivity contribution in [1.29, 1.82) is 0 Å². The van der Waals surface area contributed by atoms with E-state index in [0.717, 1.165) is 41.9 Å². The first-order valence-electron chi connectivity index (χ1n) is 9.75. The average molecular weight is 395 g/mol. The number of carbonyl (C=O) groups is 2. The number of amides is 1. The predicted octanol–water partition coefficient (Wildman–Crippen LogP) is 5.19. The van der Waals surface area contributed by atoms with Crippen molar-refractivity contribution in [3.05, 3.63) is 70.9 Å². The Bertz CT molecular complexity index is 1000. The van der Waals surface area contributed by atoms with E-state index in [1.54, 1.807) is 6.20 Å². The summed E-state index contributed by atoms with van der Waals surface area (Å²) in [6.07, 6.45) is 4.06. The maximum atomic E-state index is 12.6. The molecule has 1 aliphatic rings. The monoisotopic (exact) mass is 394 g/mol. The van der Waals surface area contributed by atoms with Gasteiger partial charge in [0.25, 0.3) is 0 Å². The molecule has 2 heterocycles. The molecule has 1 N–H and O–H groups in total. The maximum absolute atomic E-state index is 12.6. The fourth-order valence-corrected chi connectivity index (χ4v) is 4.35. The Morgan fingerprint density at radius 2 is 1.71 bits per heavy atom. The zero-order valence-electron chi connectivity index (χ0n) is 15.7. The molecule has 0 radical (unpaired) electrons. The molecule has 1 aliphatic heterocycles. The number of aromatic amines is 1. The number of carbonyl (C=O) groups excluding carboxylic acids is 2. The summed E-state index contributed by atoms with van der Waals surface area (Å²) in [6, 6.07) is 15.7. The molecule has 4 nitrogen and oxygen atoms in total. The topological polar surface area (TPSA) is 53.2 Å². The molecule has 1 amide bonds. The highest BCUT2D eigenvalue weighted by atomic mass is 35.5. The smallest absolute Gasteiger partial charge is 0.223 e. The molecule has 3 aromatic rings. The van der Waals surface area contributed by atoms with Crippen LogP contribution in [0.5, 0.6) is 0 Å². The van der Waals surface area contributed by atoms with Gasteiger partial charge in [0.1, 0.15) is 0 Å². The summed E-state index contributed by atoms with van der Waals surface area (Å²) in [5.41, 5.74) is 2.78. The van der Waals surface area contributed by atoms with Gasteiger partial charge in [-0.25, -0.2) is 0 Å². The summed E-state index contributed by atoms with van der Waals surface area (Å²) >= 11 is 6.31. The lowest BCUT2D eigenvalue weighted by atomic mass is 9.89. The Morgan fingerprint density at radius 1 is 1.00 bits per heavy atom. The van der Waals surface area contributed by atoms with Crippen LogP contribution in [0.1, 0.15) is 47.5 Å². The van der Waals surface area contributed by atoms with Crippen LogP contribution in [0.15, 0.2) is 54.7 Å². The number of Topliss-reactive ketones (excluding diaryl/α,β-unsaturated/α-hetero) is 1. The zero-order valence-corrected chi connectivity index (χ0v) is 16.4. The number of halogens is 1. The van der Waals surface area contributed by atoms with E-state index in [0.29, 0.717) is 11.5 Å². The number of hydrogen-bond acceptors (Lipinski definition) is 2. The van der Waals surface area contributed by atoms with Crippen molar-refractivity contribution in [1.82, 2.24) is 9.88 Å². The molecule has 4 rings (SSSR count). The number of piperidine rings is 1. The van der Waals surface area contributed by atoms with Gasteiger partial charge in [0.15, 0.2) is 5.78 Å². The van der Waals surface area contributed by atoms with Crippen molar-refractivity contribution >= 4 is 34.2 Å². The lowest BCUT2D eigenvalue weighted by molar-refractivity contribution is -0.132. The van der Waals surface area contributed by atoms with Gasteiger partial charge >= 0.3 is 0 Å². The van der Waals surface area contributed by atoms with Crippen molar-refractivity contribution in [2.75, 3.05) is 13.1 Å². The minimum absolute atomic E-state index is 0.0109. The van der Waals surface area contributed by atoms with E-state index in [2.05, 4.69) is 11.1 Å². The Kier molecular flexibility index (Phi) is 5.49. The van der Waals surface area contributed by atoms with E-state index >= 15 is 0 Å². The number of nitrogens with zero attached hydrogens (tertiary/aromatic N) is 1. The summed E-state index contributed by atoms with van der Waals surface area (Å²) in [6.45, 7) is 1.44. The Morgan fingerprint density at radius 3 is 2.50 bits per heavy atom. The molecule has 5 heteroatoms. The number of H-pyrrole nitrogens is 1. The summed E-state index contributed by atoms with van der Waals surface area (Å²) in [5, 5.41) is 1.72. The van der Waals surface area contributed by atoms with Gasteiger partial charge in [-0.2, -0.15) is 0 Å². The number of para-hydroxylation sites is 1. The Labute approximate surface area is 169 Å². The van der Waals surface area contributed by atoms with Crippen LogP contribution in [-0.4, -0.2) is 34.7 Å². The Balaban J connectivity index is 1.31. The van der Waals surface area contributed by atoms with E-state index in [1.807, 2.05) is 47.4 Å². The summed E-state index contributed by atoms with van der Waals surface area (Å²) in [7, 11) is 0. The van der Waals surface area contributed by atoms with E-state index in [-0.39, 0.29) is 24.5 Å². The molecule has 144 valence electrons. The Hall–Kier alpha value is -2.59. The molecular formula is C23H23ClN2O2. The van der Waals surface area contributed by atoms with Gasteiger partial charge < -0.3 is 9.88 Å². The number of aromatic nitrogens is 1. The number of rotatable bonds is 5. The zero-order chi connectivity index (χ0) is 19.5. The molecule has 1 aromatic heterocycles. The largest absolute Gasteiger partial charge is 0.360 e. The van der Waals surface area contributed by atoms with Crippen molar-refractivity contribution in [2.45, 2.75) is 31.6 Å². The molecule has 0 atom stereocenters. The minimum atomic E-state index is 0.0109. The second kappa shape index (κ2) is 8.19. The van der Waals surface area contributed by atoms with Gasteiger partial charge in [-0.1, -0.05) is 48.0 Å². The van der Waals surface area contributed by atoms with Crippen molar-refractivity contribution in [3.63, 3.8) is 0 Å². The fraction of sp³-hybridized carbons (Fsp3) is 0.304. The number of benzene rings is 2. The van der Waals surface area contributed by atoms with Crippen LogP contribution in [-0.2, 0) is 4.79 Å². The first-order valence-corrected chi connectivity index (χ1v) is 10.1. The van der Waals surface area contributed by atoms with Gasteiger partial charge in [0.2, 0.25) is 5.91 Å². The third-order valence-corrected chi connectivity index (χ3v) is 5.99. The average Bonchev–Trinajstić information content (AvgIpc) is 3.16. The van der Waals surface area contributed by atoms with Crippen LogP contribution in [0.25, 0.3) is 10.9 Å². The highest BCUT2D eigenvalue weighted by Crippen LogP contribution is 2.32. The van der Waals surface area contributed by atoms with Crippen LogP contribution < -0.4 is 0 Å². The van der Waals surface area contributed by atoms with E-state index < -0.39 is 0 Å². The van der Waals surface area contributed by atoms with Gasteiger partial charge in [-0.15, -0.1) is 0 Å². The number of fused-ring (bicyclic) bond motifs is 1. The highest BCUT2D eigenvalue weighted by Gasteiger charge is 2.25. The molecule has 28 heavy (non-hydrogen) atoms. The quantitative estimate of drug-likeness (QED) is 0.605. The second-order valence-corrected chi connectivity index (χ2v) is 7.75. The normalized spacial score (nSPS) is 15.1. The van der Waals surface area contributed by atoms with Gasteiger partial charge in [0, 0.05) is 53.6 Å². The van der Waals surface area contributed by atoms with E-state index in [4.69, 9.17) is 11.6 Å². The molecule has 2 aromatic carbocycles. The molecule has 0 saturated carbocycles. The van der Waals surface area contributed by atoms with Crippen molar-refractivity contribution in [2.24, 2.45) is 0 Å². The third kappa shape index (κ3) is 3.83. The van der Waals surface area contributed by atoms with Crippen LogP contribution in [0.2, 0.25) is 5.02 Å². The molecule has 1 fully saturated rings. The number of nitrogens with one attached hydrogen (secondary N) is 1. The number of hydrogen-bond donors (Lipinski definition) is 1. The molecule has 0 aliphatic carbocycles. The number of ketones is 1. The second-order valence-electron chi connectivity index (χ2n) is 7.35. The van der Waals surface area contributed by atoms with Crippen LogP contribution >= 0.6 is 11.6 Å². The molecule has 0 unspecified atom stereocenters. The van der Waals surface area contributed by atoms with Gasteiger partial charge in [0.05, 0.1) is 0 Å². The van der Waals surface area contributed by atoms with E-state index in [1.165, 1.54) is 5.56 Å². The van der Waals surface area contributed by atoms with Crippen LogP contribution in [0, 0.1) is 0 Å². The first-order chi connectivity index (χ1) is 13.6. The van der Waals surface area contributed by atoms with Crippen LogP contribution in [0.4, 0.5) is 0 Å². The lowest BCUT2D eigenvalue weighted by Crippen LogP contribution is -2.38. The van der Waals surface area contributed by atoms with E-state index in [9.17, 15) is 9.59 Å². The van der Waals surface area contributed by atoms with Crippen molar-refractivity contribution < 1.29 is 9.59 Å². The van der Waals surface area contributed by atoms with Crippen molar-refractivity contribution in [3.8, 4) is 0 Å². The minimum Gasteiger partial charge on any atom is -0.360 e. The summed E-state index contributed by atoms with van der Waals surface area (Å²) in [5.74, 6) is 0.466.